The van der Waals surface area contributed by atoms with Crippen molar-refractivity contribution >= 4 is 18.0 Å². The van der Waals surface area contributed by atoms with Crippen LogP contribution in [-0.4, -0.2) is 85.2 Å². The van der Waals surface area contributed by atoms with Crippen LogP contribution in [0.25, 0.3) is 0 Å². The lowest BCUT2D eigenvalue weighted by Gasteiger charge is -2.38. The fraction of sp³-hybridized carbons (Fsp3) is 0.577. The van der Waals surface area contributed by atoms with Crippen LogP contribution in [0.5, 0.6) is 0 Å². The molecule has 9 nitrogen and oxygen atoms in total. The van der Waals surface area contributed by atoms with Gasteiger partial charge in [-0.1, -0.05) is 36.8 Å². The number of ether oxygens (including phenoxy) is 1. The van der Waals surface area contributed by atoms with Crippen LogP contribution in [0.15, 0.2) is 35.5 Å². The van der Waals surface area contributed by atoms with Crippen LogP contribution >= 0.6 is 0 Å². The Bertz CT molecular complexity index is 947. The second kappa shape index (κ2) is 12.6. The zero-order valence-corrected chi connectivity index (χ0v) is 21.4. The van der Waals surface area contributed by atoms with Crippen molar-refractivity contribution in [1.82, 2.24) is 25.3 Å². The number of carbonyl (C=O) groups excluding carboxylic acids is 3. The number of rotatable bonds is 8. The number of nitrogens with one attached hydrogen (secondary N) is 2. The van der Waals surface area contributed by atoms with Gasteiger partial charge < -0.3 is 20.3 Å². The van der Waals surface area contributed by atoms with Gasteiger partial charge in [-0.05, 0) is 39.2 Å². The molecule has 1 aromatic rings. The van der Waals surface area contributed by atoms with E-state index in [2.05, 4.69) is 15.5 Å². The number of carbonyl (C=O) groups is 3. The van der Waals surface area contributed by atoms with Gasteiger partial charge in [0.15, 0.2) is 0 Å². The molecular formula is C26H39N5O4. The van der Waals surface area contributed by atoms with Gasteiger partial charge in [0.25, 0.3) is 0 Å². The van der Waals surface area contributed by atoms with Gasteiger partial charge >= 0.3 is 18.0 Å². The third kappa shape index (κ3) is 6.54. The number of amides is 4. The molecule has 0 aliphatic carbocycles. The first-order valence-corrected chi connectivity index (χ1v) is 12.7. The van der Waals surface area contributed by atoms with Crippen molar-refractivity contribution in [2.75, 3.05) is 52.4 Å². The third-order valence-electron chi connectivity index (χ3n) is 6.40. The molecule has 192 valence electrons. The summed E-state index contributed by atoms with van der Waals surface area (Å²) in [4.78, 5) is 44.5. The van der Waals surface area contributed by atoms with Crippen LogP contribution in [0.3, 0.4) is 0 Å². The minimum Gasteiger partial charge on any atom is -0.463 e. The highest BCUT2D eigenvalue weighted by molar-refractivity contribution is 5.95. The quantitative estimate of drug-likeness (QED) is 0.552. The Labute approximate surface area is 208 Å². The first kappa shape index (κ1) is 26.5. The van der Waals surface area contributed by atoms with Crippen molar-refractivity contribution in [3.05, 3.63) is 46.7 Å². The lowest BCUT2D eigenvalue weighted by Crippen LogP contribution is -2.51. The van der Waals surface area contributed by atoms with Crippen molar-refractivity contribution in [3.8, 4) is 0 Å². The van der Waals surface area contributed by atoms with Gasteiger partial charge in [-0.3, -0.25) is 9.80 Å². The van der Waals surface area contributed by atoms with Crippen molar-refractivity contribution in [1.29, 1.82) is 0 Å². The standard InChI is InChI=1S/C26H39N5O4/c1-5-12-27-25(33)30-14-9-13-29(15-16-30)18-21-22(24(32)35-7-3)23(28-26(34)31(21)6-2)20-11-8-10-19(4)17-20/h8,10-11,17,23H,5-7,9,12-16,18H2,1-4H3,(H,27,33)(H,28,34)/t23-/m0/s1. The summed E-state index contributed by atoms with van der Waals surface area (Å²) in [7, 11) is 0. The van der Waals surface area contributed by atoms with Crippen LogP contribution < -0.4 is 10.6 Å². The molecule has 2 N–H and O–H groups in total. The molecule has 2 aliphatic heterocycles. The smallest absolute Gasteiger partial charge is 0.338 e. The van der Waals surface area contributed by atoms with Crippen LogP contribution in [0.2, 0.25) is 0 Å². The number of nitrogens with zero attached hydrogens (tertiary/aromatic N) is 3. The highest BCUT2D eigenvalue weighted by Gasteiger charge is 2.38. The Morgan fingerprint density at radius 2 is 1.94 bits per heavy atom. The molecule has 0 aromatic heterocycles. The number of aryl methyl sites for hydroxylation is 1. The molecule has 0 saturated carbocycles. The van der Waals surface area contributed by atoms with Crippen LogP contribution in [-0.2, 0) is 9.53 Å². The van der Waals surface area contributed by atoms with Crippen molar-refractivity contribution in [2.45, 2.75) is 46.6 Å². The van der Waals surface area contributed by atoms with Crippen LogP contribution in [0.4, 0.5) is 9.59 Å². The molecule has 1 saturated heterocycles. The molecule has 35 heavy (non-hydrogen) atoms. The second-order valence-electron chi connectivity index (χ2n) is 8.97. The molecule has 0 unspecified atom stereocenters. The Kier molecular flexibility index (Phi) is 9.54. The largest absolute Gasteiger partial charge is 0.463 e. The van der Waals surface area contributed by atoms with E-state index in [1.807, 2.05) is 49.9 Å². The molecule has 2 heterocycles. The molecule has 9 heteroatoms. The van der Waals surface area contributed by atoms with E-state index < -0.39 is 12.0 Å². The summed E-state index contributed by atoms with van der Waals surface area (Å²) >= 11 is 0. The van der Waals surface area contributed by atoms with Gasteiger partial charge in [0, 0.05) is 51.5 Å². The van der Waals surface area contributed by atoms with E-state index >= 15 is 0 Å². The maximum absolute atomic E-state index is 13.3. The normalized spacial score (nSPS) is 19.3. The Hall–Kier alpha value is -3.07. The van der Waals surface area contributed by atoms with E-state index in [0.717, 1.165) is 30.5 Å². The first-order chi connectivity index (χ1) is 16.9. The number of hydrogen-bond acceptors (Lipinski definition) is 5. The Morgan fingerprint density at radius 1 is 1.14 bits per heavy atom. The number of urea groups is 2. The van der Waals surface area contributed by atoms with Crippen molar-refractivity contribution < 1.29 is 19.1 Å². The molecule has 0 bridgehead atoms. The summed E-state index contributed by atoms with van der Waals surface area (Å²) in [5, 5.41) is 5.97. The molecular weight excluding hydrogens is 446 g/mol. The summed E-state index contributed by atoms with van der Waals surface area (Å²) in [6.07, 6.45) is 1.72. The minimum atomic E-state index is -0.581. The highest BCUT2D eigenvalue weighted by Crippen LogP contribution is 2.32. The molecule has 4 amide bonds. The van der Waals surface area contributed by atoms with E-state index in [1.54, 1.807) is 11.8 Å². The van der Waals surface area contributed by atoms with Crippen LogP contribution in [0, 0.1) is 6.92 Å². The number of hydrogen-bond donors (Lipinski definition) is 2. The highest BCUT2D eigenvalue weighted by atomic mass is 16.5. The Balaban J connectivity index is 1.92. The van der Waals surface area contributed by atoms with E-state index in [9.17, 15) is 14.4 Å². The summed E-state index contributed by atoms with van der Waals surface area (Å²) in [5.74, 6) is -0.414. The van der Waals surface area contributed by atoms with E-state index in [4.69, 9.17) is 4.74 Å². The molecule has 1 fully saturated rings. The zero-order chi connectivity index (χ0) is 25.4. The van der Waals surface area contributed by atoms with E-state index in [1.165, 1.54) is 0 Å². The van der Waals surface area contributed by atoms with Crippen molar-refractivity contribution in [3.63, 3.8) is 0 Å². The molecule has 0 radical (unpaired) electrons. The fourth-order valence-electron chi connectivity index (χ4n) is 4.64. The van der Waals surface area contributed by atoms with Gasteiger partial charge in [-0.25, -0.2) is 14.4 Å². The molecule has 0 spiro atoms. The molecule has 1 aromatic carbocycles. The number of benzene rings is 1. The summed E-state index contributed by atoms with van der Waals surface area (Å²) in [5.41, 5.74) is 3.04. The fourth-order valence-corrected chi connectivity index (χ4v) is 4.64. The number of esters is 1. The maximum atomic E-state index is 13.3. The SMILES string of the molecule is CCCNC(=O)N1CCCN(CC2=C(C(=O)OCC)[C@H](c3cccc(C)c3)NC(=O)N2CC)CC1. The average molecular weight is 486 g/mol. The lowest BCUT2D eigenvalue weighted by molar-refractivity contribution is -0.139. The maximum Gasteiger partial charge on any atom is 0.338 e. The topological polar surface area (TPSA) is 94.2 Å². The van der Waals surface area contributed by atoms with Gasteiger partial charge in [-0.15, -0.1) is 0 Å². The van der Waals surface area contributed by atoms with Gasteiger partial charge in [-0.2, -0.15) is 0 Å². The molecule has 1 atom stereocenters. The van der Waals surface area contributed by atoms with Gasteiger partial charge in [0.05, 0.1) is 18.2 Å². The molecule has 3 rings (SSSR count). The molecule has 2 aliphatic rings. The zero-order valence-electron chi connectivity index (χ0n) is 21.4. The lowest BCUT2D eigenvalue weighted by atomic mass is 9.93. The van der Waals surface area contributed by atoms with E-state index in [0.29, 0.717) is 50.5 Å². The van der Waals surface area contributed by atoms with Gasteiger partial charge in [0.2, 0.25) is 0 Å². The van der Waals surface area contributed by atoms with Crippen LogP contribution in [0.1, 0.15) is 50.8 Å². The minimum absolute atomic E-state index is 0.0353. The summed E-state index contributed by atoms with van der Waals surface area (Å²) in [6.45, 7) is 12.2. The van der Waals surface area contributed by atoms with Gasteiger partial charge in [0.1, 0.15) is 0 Å². The third-order valence-corrected chi connectivity index (χ3v) is 6.40. The Morgan fingerprint density at radius 3 is 2.63 bits per heavy atom. The summed E-state index contributed by atoms with van der Waals surface area (Å²) in [6, 6.07) is 6.99. The summed E-state index contributed by atoms with van der Waals surface area (Å²) < 4.78 is 5.47. The predicted octanol–water partition coefficient (Wildman–Crippen LogP) is 3.03. The van der Waals surface area contributed by atoms with Crippen molar-refractivity contribution in [2.24, 2.45) is 0 Å². The monoisotopic (exact) mass is 485 g/mol. The first-order valence-electron chi connectivity index (χ1n) is 12.7. The predicted molar refractivity (Wildman–Crippen MR) is 135 cm³/mol. The average Bonchev–Trinajstić information content (AvgIpc) is 3.08. The van der Waals surface area contributed by atoms with E-state index in [-0.39, 0.29) is 18.7 Å². The number of likely N-dealkylation sites (N-methyl/N-ethyl adjacent to an activating group) is 1. The second-order valence-corrected chi connectivity index (χ2v) is 8.97.